The molecule has 0 saturated heterocycles. The average Bonchev–Trinajstić information content (AvgIpc) is 2.70. The summed E-state index contributed by atoms with van der Waals surface area (Å²) < 4.78 is 13.7. The lowest BCUT2D eigenvalue weighted by Crippen LogP contribution is -2.17. The number of rotatable bonds is 4. The smallest absolute Gasteiger partial charge is 0.274 e. The first kappa shape index (κ1) is 17.8. The molecule has 2 aromatic carbocycles. The highest BCUT2D eigenvalue weighted by Gasteiger charge is 2.13. The molecule has 0 atom stereocenters. The molecule has 3 aromatic rings. The van der Waals surface area contributed by atoms with Crippen LogP contribution in [0.2, 0.25) is 0 Å². The monoisotopic (exact) mass is 360 g/mol. The van der Waals surface area contributed by atoms with E-state index < -0.39 is 17.6 Å². The zero-order chi connectivity index (χ0) is 19.2. The summed E-state index contributed by atoms with van der Waals surface area (Å²) in [5, 5.41) is 13.9. The SMILES string of the molecule is N#Cc1ccc(NC(=O)c2cc(C(=O)Nc3ccccc3F)ccn2)cc1. The van der Waals surface area contributed by atoms with Gasteiger partial charge in [0.15, 0.2) is 0 Å². The minimum atomic E-state index is -0.560. The third-order valence-corrected chi connectivity index (χ3v) is 3.65. The molecule has 27 heavy (non-hydrogen) atoms. The summed E-state index contributed by atoms with van der Waals surface area (Å²) in [6.45, 7) is 0. The van der Waals surface area contributed by atoms with Crippen LogP contribution in [0.5, 0.6) is 0 Å². The van der Waals surface area contributed by atoms with Crippen LogP contribution in [0, 0.1) is 17.1 Å². The van der Waals surface area contributed by atoms with Gasteiger partial charge < -0.3 is 10.6 Å². The van der Waals surface area contributed by atoms with E-state index in [2.05, 4.69) is 15.6 Å². The van der Waals surface area contributed by atoms with Crippen LogP contribution < -0.4 is 10.6 Å². The fourth-order valence-corrected chi connectivity index (χ4v) is 2.28. The van der Waals surface area contributed by atoms with E-state index in [4.69, 9.17) is 5.26 Å². The quantitative estimate of drug-likeness (QED) is 0.743. The summed E-state index contributed by atoms with van der Waals surface area (Å²) in [5.74, 6) is -1.63. The lowest BCUT2D eigenvalue weighted by molar-refractivity contribution is 0.102. The molecular formula is C20H13FN4O2. The Morgan fingerprint density at radius 2 is 1.70 bits per heavy atom. The van der Waals surface area contributed by atoms with Crippen LogP contribution in [-0.2, 0) is 0 Å². The molecule has 2 N–H and O–H groups in total. The normalized spacial score (nSPS) is 9.93. The lowest BCUT2D eigenvalue weighted by atomic mass is 10.2. The van der Waals surface area contributed by atoms with Crippen molar-refractivity contribution in [1.29, 1.82) is 5.26 Å². The molecule has 7 heteroatoms. The molecule has 0 unspecified atom stereocenters. The molecule has 0 bridgehead atoms. The van der Waals surface area contributed by atoms with Gasteiger partial charge in [-0.3, -0.25) is 14.6 Å². The van der Waals surface area contributed by atoms with E-state index in [0.29, 0.717) is 11.3 Å². The van der Waals surface area contributed by atoms with Gasteiger partial charge in [0, 0.05) is 17.4 Å². The number of nitrogens with zero attached hydrogens (tertiary/aromatic N) is 2. The van der Waals surface area contributed by atoms with E-state index in [-0.39, 0.29) is 16.9 Å². The van der Waals surface area contributed by atoms with Crippen molar-refractivity contribution in [3.05, 3.63) is 89.5 Å². The van der Waals surface area contributed by atoms with Gasteiger partial charge in [0.25, 0.3) is 11.8 Å². The molecule has 0 fully saturated rings. The second kappa shape index (κ2) is 7.89. The summed E-state index contributed by atoms with van der Waals surface area (Å²) >= 11 is 0. The molecule has 0 aliphatic heterocycles. The number of nitriles is 1. The van der Waals surface area contributed by atoms with Crippen LogP contribution in [-0.4, -0.2) is 16.8 Å². The van der Waals surface area contributed by atoms with Gasteiger partial charge in [-0.25, -0.2) is 4.39 Å². The Hall–Kier alpha value is -4.05. The largest absolute Gasteiger partial charge is 0.321 e. The molecule has 132 valence electrons. The topological polar surface area (TPSA) is 94.9 Å². The van der Waals surface area contributed by atoms with E-state index in [9.17, 15) is 14.0 Å². The first-order chi connectivity index (χ1) is 13.1. The zero-order valence-corrected chi connectivity index (χ0v) is 13.9. The molecule has 1 heterocycles. The Morgan fingerprint density at radius 1 is 0.963 bits per heavy atom. The summed E-state index contributed by atoms with van der Waals surface area (Å²) in [6, 6.07) is 16.8. The molecule has 0 radical (unpaired) electrons. The van der Waals surface area contributed by atoms with Crippen molar-refractivity contribution in [1.82, 2.24) is 4.98 Å². The van der Waals surface area contributed by atoms with Gasteiger partial charge in [0.05, 0.1) is 17.3 Å². The van der Waals surface area contributed by atoms with Gasteiger partial charge >= 0.3 is 0 Å². The maximum Gasteiger partial charge on any atom is 0.274 e. The Morgan fingerprint density at radius 3 is 2.41 bits per heavy atom. The predicted molar refractivity (Wildman–Crippen MR) is 97.7 cm³/mol. The van der Waals surface area contributed by atoms with E-state index in [1.807, 2.05) is 6.07 Å². The molecule has 0 aliphatic rings. The van der Waals surface area contributed by atoms with Crippen LogP contribution in [0.4, 0.5) is 15.8 Å². The molecule has 2 amide bonds. The standard InChI is InChI=1S/C20H13FN4O2/c21-16-3-1-2-4-17(16)25-19(26)14-9-10-23-18(11-14)20(27)24-15-7-5-13(12-22)6-8-15/h1-11H,(H,24,27)(H,25,26). The van der Waals surface area contributed by atoms with Gasteiger partial charge in [-0.15, -0.1) is 0 Å². The van der Waals surface area contributed by atoms with Crippen molar-refractivity contribution in [2.45, 2.75) is 0 Å². The van der Waals surface area contributed by atoms with Crippen molar-refractivity contribution in [3.63, 3.8) is 0 Å². The number of halogens is 1. The van der Waals surface area contributed by atoms with Crippen molar-refractivity contribution in [2.75, 3.05) is 10.6 Å². The number of nitrogens with one attached hydrogen (secondary N) is 2. The number of aromatic nitrogens is 1. The highest BCUT2D eigenvalue weighted by Crippen LogP contribution is 2.15. The molecule has 0 spiro atoms. The number of benzene rings is 2. The van der Waals surface area contributed by atoms with Crippen LogP contribution in [0.3, 0.4) is 0 Å². The first-order valence-corrected chi connectivity index (χ1v) is 7.90. The molecule has 0 aliphatic carbocycles. The summed E-state index contributed by atoms with van der Waals surface area (Å²) in [7, 11) is 0. The maximum absolute atomic E-state index is 13.7. The molecule has 1 aromatic heterocycles. The first-order valence-electron chi connectivity index (χ1n) is 7.90. The Kier molecular flexibility index (Phi) is 5.19. The van der Waals surface area contributed by atoms with Crippen molar-refractivity contribution in [3.8, 4) is 6.07 Å². The van der Waals surface area contributed by atoms with Gasteiger partial charge in [-0.1, -0.05) is 12.1 Å². The Bertz CT molecular complexity index is 1040. The number of pyridine rings is 1. The Balaban J connectivity index is 1.74. The van der Waals surface area contributed by atoms with Crippen LogP contribution >= 0.6 is 0 Å². The second-order valence-electron chi connectivity index (χ2n) is 5.51. The fraction of sp³-hybridized carbons (Fsp3) is 0. The molecule has 3 rings (SSSR count). The van der Waals surface area contributed by atoms with Crippen molar-refractivity contribution in [2.24, 2.45) is 0 Å². The number of hydrogen-bond donors (Lipinski definition) is 2. The van der Waals surface area contributed by atoms with Crippen LogP contribution in [0.25, 0.3) is 0 Å². The van der Waals surface area contributed by atoms with Crippen LogP contribution in [0.15, 0.2) is 66.9 Å². The molecule has 6 nitrogen and oxygen atoms in total. The van der Waals surface area contributed by atoms with Gasteiger partial charge in [0.1, 0.15) is 11.5 Å². The maximum atomic E-state index is 13.7. The van der Waals surface area contributed by atoms with Crippen molar-refractivity contribution < 1.29 is 14.0 Å². The highest BCUT2D eigenvalue weighted by atomic mass is 19.1. The van der Waals surface area contributed by atoms with E-state index in [1.54, 1.807) is 30.3 Å². The predicted octanol–water partition coefficient (Wildman–Crippen LogP) is 3.60. The van der Waals surface area contributed by atoms with Gasteiger partial charge in [-0.2, -0.15) is 5.26 Å². The highest BCUT2D eigenvalue weighted by molar-refractivity contribution is 6.07. The molecule has 0 saturated carbocycles. The van der Waals surface area contributed by atoms with E-state index >= 15 is 0 Å². The van der Waals surface area contributed by atoms with Crippen LogP contribution in [0.1, 0.15) is 26.4 Å². The minimum Gasteiger partial charge on any atom is -0.321 e. The van der Waals surface area contributed by atoms with E-state index in [0.717, 1.165) is 0 Å². The Labute approximate surface area is 154 Å². The zero-order valence-electron chi connectivity index (χ0n) is 13.9. The van der Waals surface area contributed by atoms with Gasteiger partial charge in [0.2, 0.25) is 0 Å². The lowest BCUT2D eigenvalue weighted by Gasteiger charge is -2.08. The summed E-state index contributed by atoms with van der Waals surface area (Å²) in [4.78, 5) is 28.6. The number of carbonyl (C=O) groups is 2. The average molecular weight is 360 g/mol. The number of para-hydroxylation sites is 1. The second-order valence-corrected chi connectivity index (χ2v) is 5.51. The number of hydrogen-bond acceptors (Lipinski definition) is 4. The minimum absolute atomic E-state index is 0.0283. The molecular weight excluding hydrogens is 347 g/mol. The third kappa shape index (κ3) is 4.32. The number of amides is 2. The van der Waals surface area contributed by atoms with Crippen molar-refractivity contribution >= 4 is 23.2 Å². The van der Waals surface area contributed by atoms with Gasteiger partial charge in [-0.05, 0) is 48.5 Å². The van der Waals surface area contributed by atoms with E-state index in [1.165, 1.54) is 36.5 Å². The summed E-state index contributed by atoms with van der Waals surface area (Å²) in [6.07, 6.45) is 1.32. The number of carbonyl (C=O) groups excluding carboxylic acids is 2. The third-order valence-electron chi connectivity index (χ3n) is 3.65. The summed E-state index contributed by atoms with van der Waals surface area (Å²) in [5.41, 5.74) is 1.20. The fourth-order valence-electron chi connectivity index (χ4n) is 2.28. The number of anilines is 2.